The maximum atomic E-state index is 13.6. The second-order valence-electron chi connectivity index (χ2n) is 4.19. The summed E-state index contributed by atoms with van der Waals surface area (Å²) < 4.78 is 37.5. The molecule has 0 fully saturated rings. The average molecular weight is 259 g/mol. The number of sulfone groups is 1. The third-order valence-electron chi connectivity index (χ3n) is 2.55. The van der Waals surface area contributed by atoms with Gasteiger partial charge in [0, 0.05) is 6.54 Å². The van der Waals surface area contributed by atoms with Crippen molar-refractivity contribution in [3.63, 3.8) is 0 Å². The molecule has 0 bridgehead atoms. The van der Waals surface area contributed by atoms with Gasteiger partial charge in [0.15, 0.2) is 9.84 Å². The van der Waals surface area contributed by atoms with Crippen LogP contribution < -0.4 is 5.32 Å². The van der Waals surface area contributed by atoms with Crippen molar-refractivity contribution in [3.05, 3.63) is 29.8 Å². The Bertz CT molecular complexity index is 471. The molecule has 0 aliphatic rings. The molecule has 0 heterocycles. The molecule has 1 N–H and O–H groups in total. The number of rotatable bonds is 5. The second kappa shape index (κ2) is 5.60. The number of alkyl halides is 1. The lowest BCUT2D eigenvalue weighted by Crippen LogP contribution is -2.16. The molecule has 0 saturated heterocycles. The molecule has 3 nitrogen and oxygen atoms in total. The molecular formula is C12H18FNO2S. The Balaban J connectivity index is 3.10. The molecule has 0 amide bonds. The van der Waals surface area contributed by atoms with E-state index >= 15 is 0 Å². The molecule has 0 aromatic heterocycles. The van der Waals surface area contributed by atoms with Gasteiger partial charge in [0.2, 0.25) is 0 Å². The van der Waals surface area contributed by atoms with E-state index in [2.05, 4.69) is 5.32 Å². The van der Waals surface area contributed by atoms with Crippen LogP contribution in [0, 0.1) is 0 Å². The van der Waals surface area contributed by atoms with Crippen LogP contribution in [0.4, 0.5) is 4.39 Å². The Hall–Kier alpha value is -0.940. The fourth-order valence-electron chi connectivity index (χ4n) is 1.46. The summed E-state index contributed by atoms with van der Waals surface area (Å²) in [7, 11) is -1.68. The van der Waals surface area contributed by atoms with Crippen molar-refractivity contribution in [1.29, 1.82) is 0 Å². The van der Waals surface area contributed by atoms with Crippen LogP contribution in [0.3, 0.4) is 0 Å². The molecule has 1 rings (SSSR count). The topological polar surface area (TPSA) is 46.2 Å². The van der Waals surface area contributed by atoms with Gasteiger partial charge in [-0.3, -0.25) is 0 Å². The van der Waals surface area contributed by atoms with E-state index in [-0.39, 0.29) is 11.4 Å². The van der Waals surface area contributed by atoms with Crippen molar-refractivity contribution in [3.8, 4) is 0 Å². The Morgan fingerprint density at radius 3 is 2.53 bits per heavy atom. The van der Waals surface area contributed by atoms with Gasteiger partial charge < -0.3 is 5.32 Å². The summed E-state index contributed by atoms with van der Waals surface area (Å²) in [5.74, 6) is 0. The first kappa shape index (κ1) is 14.1. The number of hydrogen-bond acceptors (Lipinski definition) is 3. The third-order valence-corrected chi connectivity index (χ3v) is 4.70. The molecule has 1 aromatic rings. The molecule has 0 aliphatic heterocycles. The Labute approximate surface area is 102 Å². The highest BCUT2D eigenvalue weighted by Crippen LogP contribution is 2.22. The van der Waals surface area contributed by atoms with Gasteiger partial charge in [0.1, 0.15) is 6.17 Å². The van der Waals surface area contributed by atoms with Gasteiger partial charge in [-0.05, 0) is 38.6 Å². The van der Waals surface area contributed by atoms with E-state index in [0.717, 1.165) is 0 Å². The summed E-state index contributed by atoms with van der Waals surface area (Å²) in [5.41, 5.74) is 0.390. The smallest absolute Gasteiger partial charge is 0.180 e. The minimum atomic E-state index is -3.33. The predicted molar refractivity (Wildman–Crippen MR) is 66.5 cm³/mol. The van der Waals surface area contributed by atoms with Crippen molar-refractivity contribution in [2.75, 3.05) is 13.6 Å². The molecule has 0 spiro atoms. The first-order chi connectivity index (χ1) is 7.89. The van der Waals surface area contributed by atoms with Gasteiger partial charge in [0.05, 0.1) is 10.1 Å². The monoisotopic (exact) mass is 259 g/mol. The van der Waals surface area contributed by atoms with Gasteiger partial charge >= 0.3 is 0 Å². The molecule has 0 saturated carbocycles. The second-order valence-corrected chi connectivity index (χ2v) is 6.70. The van der Waals surface area contributed by atoms with E-state index in [0.29, 0.717) is 5.56 Å². The van der Waals surface area contributed by atoms with Crippen molar-refractivity contribution in [2.24, 2.45) is 0 Å². The van der Waals surface area contributed by atoms with E-state index in [1.807, 2.05) is 0 Å². The Kier molecular flexibility index (Phi) is 4.65. The van der Waals surface area contributed by atoms with Gasteiger partial charge in [-0.15, -0.1) is 0 Å². The normalized spacial score (nSPS) is 13.9. The van der Waals surface area contributed by atoms with E-state index in [9.17, 15) is 12.8 Å². The first-order valence-electron chi connectivity index (χ1n) is 5.52. The van der Waals surface area contributed by atoms with Crippen LogP contribution in [0.2, 0.25) is 0 Å². The van der Waals surface area contributed by atoms with Crippen LogP contribution in [0.15, 0.2) is 29.2 Å². The zero-order chi connectivity index (χ0) is 13.1. The largest absolute Gasteiger partial charge is 0.317 e. The highest BCUT2D eigenvalue weighted by molar-refractivity contribution is 7.92. The molecule has 17 heavy (non-hydrogen) atoms. The number of benzene rings is 1. The number of nitrogens with one attached hydrogen (secondary N) is 1. The minimum Gasteiger partial charge on any atom is -0.317 e. The lowest BCUT2D eigenvalue weighted by atomic mass is 10.1. The summed E-state index contributed by atoms with van der Waals surface area (Å²) in [6.07, 6.45) is -1.19. The van der Waals surface area contributed by atoms with Crippen LogP contribution in [0.5, 0.6) is 0 Å². The van der Waals surface area contributed by atoms with E-state index in [4.69, 9.17) is 0 Å². The summed E-state index contributed by atoms with van der Waals surface area (Å²) in [6, 6.07) is 6.09. The van der Waals surface area contributed by atoms with Crippen LogP contribution >= 0.6 is 0 Å². The van der Waals surface area contributed by atoms with Crippen LogP contribution in [0.25, 0.3) is 0 Å². The summed E-state index contributed by atoms with van der Waals surface area (Å²) in [6.45, 7) is 3.40. The zero-order valence-electron chi connectivity index (χ0n) is 10.3. The highest BCUT2D eigenvalue weighted by atomic mass is 32.2. The van der Waals surface area contributed by atoms with Crippen LogP contribution in [0.1, 0.15) is 25.6 Å². The van der Waals surface area contributed by atoms with Crippen molar-refractivity contribution in [2.45, 2.75) is 30.2 Å². The van der Waals surface area contributed by atoms with Crippen LogP contribution in [-0.2, 0) is 9.84 Å². The molecule has 1 aromatic carbocycles. The van der Waals surface area contributed by atoms with Gasteiger partial charge in [-0.1, -0.05) is 12.1 Å². The first-order valence-corrected chi connectivity index (χ1v) is 7.06. The van der Waals surface area contributed by atoms with Gasteiger partial charge in [0.25, 0.3) is 0 Å². The summed E-state index contributed by atoms with van der Waals surface area (Å²) in [5, 5.41) is 2.22. The summed E-state index contributed by atoms with van der Waals surface area (Å²) in [4.78, 5) is 0.184. The lowest BCUT2D eigenvalue weighted by molar-refractivity contribution is 0.335. The fourth-order valence-corrected chi connectivity index (χ4v) is 2.57. The number of likely N-dealkylation sites (N-methyl/N-ethyl adjacent to an activating group) is 1. The number of halogens is 1. The third kappa shape index (κ3) is 3.26. The lowest BCUT2D eigenvalue weighted by Gasteiger charge is -2.11. The standard InChI is InChI=1S/C12H18FNO2S/c1-9(2)17(15,16)11-6-4-5-10(7-11)12(13)8-14-3/h4-7,9,12,14H,8H2,1-3H3. The number of hydrogen-bond donors (Lipinski definition) is 1. The molecule has 96 valence electrons. The quantitative estimate of drug-likeness (QED) is 0.881. The Morgan fingerprint density at radius 2 is 2.00 bits per heavy atom. The maximum Gasteiger partial charge on any atom is 0.180 e. The van der Waals surface area contributed by atoms with E-state index in [1.165, 1.54) is 12.1 Å². The molecular weight excluding hydrogens is 241 g/mol. The molecule has 0 radical (unpaired) electrons. The van der Waals surface area contributed by atoms with Crippen molar-refractivity contribution in [1.82, 2.24) is 5.32 Å². The maximum absolute atomic E-state index is 13.6. The Morgan fingerprint density at radius 1 is 1.35 bits per heavy atom. The molecule has 0 aliphatic carbocycles. The SMILES string of the molecule is CNCC(F)c1cccc(S(=O)(=O)C(C)C)c1. The van der Waals surface area contributed by atoms with Gasteiger partial charge in [-0.25, -0.2) is 12.8 Å². The van der Waals surface area contributed by atoms with Crippen molar-refractivity contribution < 1.29 is 12.8 Å². The molecule has 1 unspecified atom stereocenters. The van der Waals surface area contributed by atoms with E-state index < -0.39 is 21.3 Å². The average Bonchev–Trinajstić information content (AvgIpc) is 2.29. The van der Waals surface area contributed by atoms with Crippen LogP contribution in [-0.4, -0.2) is 27.3 Å². The van der Waals surface area contributed by atoms with E-state index in [1.54, 1.807) is 33.0 Å². The van der Waals surface area contributed by atoms with Crippen molar-refractivity contribution >= 4 is 9.84 Å². The molecule has 1 atom stereocenters. The molecule has 5 heteroatoms. The fraction of sp³-hybridized carbons (Fsp3) is 0.500. The predicted octanol–water partition coefficient (Wildman–Crippen LogP) is 2.10. The highest BCUT2D eigenvalue weighted by Gasteiger charge is 2.20. The summed E-state index contributed by atoms with van der Waals surface area (Å²) >= 11 is 0. The van der Waals surface area contributed by atoms with Gasteiger partial charge in [-0.2, -0.15) is 0 Å². The zero-order valence-corrected chi connectivity index (χ0v) is 11.1. The minimum absolute atomic E-state index is 0.172.